The van der Waals surface area contributed by atoms with Gasteiger partial charge in [0.1, 0.15) is 35.0 Å². The van der Waals surface area contributed by atoms with Gasteiger partial charge in [0.15, 0.2) is 23.4 Å². The molecule has 1 fully saturated rings. The van der Waals surface area contributed by atoms with Crippen molar-refractivity contribution in [3.8, 4) is 40.1 Å². The third-order valence-electron chi connectivity index (χ3n) is 5.57. The summed E-state index contributed by atoms with van der Waals surface area (Å²) in [5.74, 6) is -4.59. The number of esters is 1. The number of hydrogen-bond acceptors (Lipinski definition) is 13. The normalized spacial score (nSPS) is 23.9. The molecular weight excluding hydrogens is 484 g/mol. The lowest BCUT2D eigenvalue weighted by atomic mass is 9.99. The van der Waals surface area contributed by atoms with Crippen LogP contribution >= 0.6 is 0 Å². The molecule has 1 aromatic heterocycles. The van der Waals surface area contributed by atoms with Gasteiger partial charge in [-0.2, -0.15) is 0 Å². The predicted molar refractivity (Wildman–Crippen MR) is 119 cm³/mol. The van der Waals surface area contributed by atoms with Crippen LogP contribution in [0.25, 0.3) is 22.3 Å². The molecule has 0 radical (unpaired) electrons. The molecule has 0 saturated carbocycles. The summed E-state index contributed by atoms with van der Waals surface area (Å²) in [5, 5.41) is 70.5. The molecule has 1 saturated heterocycles. The number of carbonyl (C=O) groups excluding carboxylic acids is 1. The van der Waals surface area contributed by atoms with Gasteiger partial charge >= 0.3 is 5.97 Å². The summed E-state index contributed by atoms with van der Waals surface area (Å²) in [4.78, 5) is 24.0. The largest absolute Gasteiger partial charge is 0.508 e. The minimum atomic E-state index is -1.84. The van der Waals surface area contributed by atoms with E-state index in [-0.39, 0.29) is 22.7 Å². The average molecular weight is 506 g/mol. The van der Waals surface area contributed by atoms with Gasteiger partial charge in [-0.1, -0.05) is 0 Å². The molecule has 0 bridgehead atoms. The summed E-state index contributed by atoms with van der Waals surface area (Å²) in [5.41, 5.74) is -1.21. The maximum atomic E-state index is 12.7. The molecule has 2 aromatic carbocycles. The van der Waals surface area contributed by atoms with Gasteiger partial charge in [-0.15, -0.1) is 0 Å². The lowest BCUT2D eigenvalue weighted by Crippen LogP contribution is -2.61. The Labute approximate surface area is 201 Å². The van der Waals surface area contributed by atoms with E-state index in [0.29, 0.717) is 0 Å². The topological polar surface area (TPSA) is 217 Å². The van der Waals surface area contributed by atoms with Gasteiger partial charge in [0.2, 0.25) is 23.2 Å². The minimum Gasteiger partial charge on any atom is -0.508 e. The number of ether oxygens (including phenoxy) is 3. The Kier molecular flexibility index (Phi) is 6.65. The van der Waals surface area contributed by atoms with Crippen LogP contribution in [0.15, 0.2) is 39.5 Å². The Morgan fingerprint density at radius 2 is 1.67 bits per heavy atom. The molecule has 7 N–H and O–H groups in total. The highest BCUT2D eigenvalue weighted by Crippen LogP contribution is 2.44. The van der Waals surface area contributed by atoms with Crippen molar-refractivity contribution in [1.29, 1.82) is 0 Å². The zero-order valence-electron chi connectivity index (χ0n) is 18.6. The maximum absolute atomic E-state index is 12.7. The second-order valence-corrected chi connectivity index (χ2v) is 8.00. The Morgan fingerprint density at radius 3 is 2.28 bits per heavy atom. The zero-order valence-corrected chi connectivity index (χ0v) is 18.6. The highest BCUT2D eigenvalue weighted by molar-refractivity contribution is 5.91. The van der Waals surface area contributed by atoms with E-state index < -0.39 is 77.1 Å². The summed E-state index contributed by atoms with van der Waals surface area (Å²) >= 11 is 0. The number of aromatic hydroxyl groups is 4. The molecule has 0 unspecified atom stereocenters. The van der Waals surface area contributed by atoms with Crippen molar-refractivity contribution >= 4 is 16.9 Å². The van der Waals surface area contributed by atoms with E-state index in [2.05, 4.69) is 0 Å². The molecule has 1 aliphatic rings. The van der Waals surface area contributed by atoms with Crippen LogP contribution in [0, 0.1) is 0 Å². The Balaban J connectivity index is 1.75. The first-order chi connectivity index (χ1) is 17.0. The van der Waals surface area contributed by atoms with E-state index in [1.165, 1.54) is 24.3 Å². The van der Waals surface area contributed by atoms with Crippen LogP contribution in [0.4, 0.5) is 0 Å². The van der Waals surface area contributed by atoms with Crippen molar-refractivity contribution in [2.45, 2.75) is 37.6 Å². The number of carbonyl (C=O) groups is 1. The highest BCUT2D eigenvalue weighted by Gasteiger charge is 2.47. The molecule has 13 heteroatoms. The fourth-order valence-electron chi connectivity index (χ4n) is 3.80. The van der Waals surface area contributed by atoms with E-state index in [0.717, 1.165) is 13.0 Å². The van der Waals surface area contributed by atoms with E-state index in [1.807, 2.05) is 0 Å². The maximum Gasteiger partial charge on any atom is 0.303 e. The molecule has 192 valence electrons. The number of rotatable bonds is 5. The lowest BCUT2D eigenvalue weighted by Gasteiger charge is -2.41. The van der Waals surface area contributed by atoms with Crippen molar-refractivity contribution in [2.24, 2.45) is 0 Å². The number of fused-ring (bicyclic) bond motifs is 1. The first-order valence-corrected chi connectivity index (χ1v) is 10.5. The van der Waals surface area contributed by atoms with E-state index in [4.69, 9.17) is 18.6 Å². The van der Waals surface area contributed by atoms with Crippen LogP contribution in [0.3, 0.4) is 0 Å². The van der Waals surface area contributed by atoms with Gasteiger partial charge in [-0.05, 0) is 24.3 Å². The van der Waals surface area contributed by atoms with Gasteiger partial charge in [0.25, 0.3) is 0 Å². The summed E-state index contributed by atoms with van der Waals surface area (Å²) in [6.07, 6.45) is -8.06. The number of aliphatic hydroxyl groups excluding tert-OH is 3. The Bertz CT molecular complexity index is 1350. The van der Waals surface area contributed by atoms with Gasteiger partial charge < -0.3 is 54.4 Å². The monoisotopic (exact) mass is 506 g/mol. The lowest BCUT2D eigenvalue weighted by molar-refractivity contribution is -0.281. The first-order valence-electron chi connectivity index (χ1n) is 10.5. The molecule has 36 heavy (non-hydrogen) atoms. The standard InChI is InChI=1S/C23H22O13/c1-8(25)33-22-13(7-24)36-23(20(32)19(22)31)35-12-6-11-14(16(28)15(12)27)17(29)18(30)21(34-11)9-2-4-10(26)5-3-9/h2-6,13,19-20,22-24,26-28,30-32H,7H2,1H3/t13-,19-,20-,22-,23-/m0/s1. The molecule has 3 aromatic rings. The second-order valence-electron chi connectivity index (χ2n) is 8.00. The predicted octanol–water partition coefficient (Wildman–Crippen LogP) is 0.0319. The van der Waals surface area contributed by atoms with Crippen LogP contribution in [-0.2, 0) is 14.3 Å². The van der Waals surface area contributed by atoms with Crippen molar-refractivity contribution in [1.82, 2.24) is 0 Å². The quantitative estimate of drug-likeness (QED) is 0.180. The van der Waals surface area contributed by atoms with Crippen LogP contribution < -0.4 is 10.2 Å². The molecular formula is C23H22O13. The minimum absolute atomic E-state index is 0.0787. The molecule has 4 rings (SSSR count). The molecule has 0 spiro atoms. The Hall–Kier alpha value is -4.04. The van der Waals surface area contributed by atoms with Crippen LogP contribution in [0.2, 0.25) is 0 Å². The van der Waals surface area contributed by atoms with Gasteiger partial charge in [0, 0.05) is 18.6 Å². The fourth-order valence-corrected chi connectivity index (χ4v) is 3.80. The molecule has 0 aliphatic carbocycles. The summed E-state index contributed by atoms with van der Waals surface area (Å²) in [6, 6.07) is 6.27. The van der Waals surface area contributed by atoms with Crippen molar-refractivity contribution in [2.75, 3.05) is 6.61 Å². The van der Waals surface area contributed by atoms with Crippen LogP contribution in [0.1, 0.15) is 6.92 Å². The van der Waals surface area contributed by atoms with Crippen molar-refractivity contribution in [3.05, 3.63) is 40.6 Å². The van der Waals surface area contributed by atoms with Crippen LogP contribution in [-0.4, -0.2) is 79.0 Å². The van der Waals surface area contributed by atoms with Crippen LogP contribution in [0.5, 0.6) is 28.7 Å². The van der Waals surface area contributed by atoms with E-state index >= 15 is 0 Å². The summed E-state index contributed by atoms with van der Waals surface area (Å²) < 4.78 is 21.3. The van der Waals surface area contributed by atoms with Crippen molar-refractivity contribution in [3.63, 3.8) is 0 Å². The van der Waals surface area contributed by atoms with E-state index in [9.17, 15) is 45.3 Å². The zero-order chi connectivity index (χ0) is 26.3. The third kappa shape index (κ3) is 4.35. The number of benzene rings is 2. The summed E-state index contributed by atoms with van der Waals surface area (Å²) in [7, 11) is 0. The van der Waals surface area contributed by atoms with E-state index in [1.54, 1.807) is 0 Å². The molecule has 1 aliphatic heterocycles. The Morgan fingerprint density at radius 1 is 1.00 bits per heavy atom. The van der Waals surface area contributed by atoms with Crippen molar-refractivity contribution < 1.29 is 59.2 Å². The molecule has 0 amide bonds. The van der Waals surface area contributed by atoms with Gasteiger partial charge in [0.05, 0.1) is 6.61 Å². The molecule has 5 atom stereocenters. The SMILES string of the molecule is CC(=O)O[C@@H]1[C@@H](O)[C@H](O)[C@@H](Oc2cc3oc(-c4ccc(O)cc4)c(O)c(=O)c3c(O)c2O)O[C@H]1CO. The number of aliphatic hydroxyl groups is 3. The summed E-state index contributed by atoms with van der Waals surface area (Å²) in [6.45, 7) is 0.324. The smallest absolute Gasteiger partial charge is 0.303 e. The average Bonchev–Trinajstić information content (AvgIpc) is 2.84. The number of phenolic OH excluding ortho intramolecular Hbond substituents is 3. The highest BCUT2D eigenvalue weighted by atomic mass is 16.7. The van der Waals surface area contributed by atoms with Gasteiger partial charge in [-0.25, -0.2) is 0 Å². The molecule has 2 heterocycles. The number of hydrogen-bond donors (Lipinski definition) is 7. The second kappa shape index (κ2) is 9.54. The number of phenols is 3. The molecule has 13 nitrogen and oxygen atoms in total. The van der Waals surface area contributed by atoms with Gasteiger partial charge in [-0.3, -0.25) is 9.59 Å². The third-order valence-corrected chi connectivity index (χ3v) is 5.57. The first kappa shape index (κ1) is 25.1. The fraction of sp³-hybridized carbons (Fsp3) is 0.304.